The third-order valence-corrected chi connectivity index (χ3v) is 5.16. The summed E-state index contributed by atoms with van der Waals surface area (Å²) in [6.45, 7) is 3.40. The number of halogens is 1. The zero-order valence-corrected chi connectivity index (χ0v) is 17.2. The minimum absolute atomic E-state index is 0.0233. The molecule has 1 aromatic carbocycles. The Morgan fingerprint density at radius 3 is 2.72 bits per heavy atom. The molecule has 152 valence electrons. The van der Waals surface area contributed by atoms with E-state index in [1.54, 1.807) is 32.0 Å². The maximum atomic E-state index is 12.0. The molecule has 1 amide bonds. The Bertz CT molecular complexity index is 1120. The summed E-state index contributed by atoms with van der Waals surface area (Å²) in [5.74, 6) is 0.0976. The molecule has 0 radical (unpaired) electrons. The van der Waals surface area contributed by atoms with Crippen molar-refractivity contribution in [3.8, 4) is 0 Å². The number of nitrogens with zero attached hydrogens (tertiary/aromatic N) is 1. The Morgan fingerprint density at radius 2 is 2.00 bits per heavy atom. The van der Waals surface area contributed by atoms with Gasteiger partial charge < -0.3 is 19.0 Å². The van der Waals surface area contributed by atoms with Crippen LogP contribution >= 0.6 is 23.4 Å². The number of nitrogens with one attached hydrogen (secondary N) is 1. The first-order valence-electron chi connectivity index (χ1n) is 8.51. The summed E-state index contributed by atoms with van der Waals surface area (Å²) in [4.78, 5) is 35.5. The van der Waals surface area contributed by atoms with E-state index in [9.17, 15) is 14.4 Å². The largest absolute Gasteiger partial charge is 0.460 e. The predicted molar refractivity (Wildman–Crippen MR) is 109 cm³/mol. The van der Waals surface area contributed by atoms with E-state index >= 15 is 0 Å². The van der Waals surface area contributed by atoms with Crippen LogP contribution in [0.4, 0.5) is 5.82 Å². The Morgan fingerprint density at radius 1 is 1.21 bits per heavy atom. The molecule has 0 spiro atoms. The molecule has 0 saturated heterocycles. The van der Waals surface area contributed by atoms with Crippen molar-refractivity contribution in [3.05, 3.63) is 56.6 Å². The van der Waals surface area contributed by atoms with Crippen molar-refractivity contribution in [2.75, 3.05) is 16.8 Å². The van der Waals surface area contributed by atoms with Gasteiger partial charge in [-0.15, -0.1) is 11.8 Å². The van der Waals surface area contributed by atoms with Crippen LogP contribution in [0.3, 0.4) is 0 Å². The van der Waals surface area contributed by atoms with Gasteiger partial charge in [0.15, 0.2) is 5.82 Å². The number of rotatable bonds is 7. The molecule has 2 aromatic heterocycles. The number of thioether (sulfide) groups is 1. The van der Waals surface area contributed by atoms with Crippen LogP contribution in [0.2, 0.25) is 5.02 Å². The molecule has 29 heavy (non-hydrogen) atoms. The molecule has 0 atom stereocenters. The second kappa shape index (κ2) is 9.15. The highest BCUT2D eigenvalue weighted by molar-refractivity contribution is 8.00. The molecule has 0 unspecified atom stereocenters. The van der Waals surface area contributed by atoms with Crippen molar-refractivity contribution in [3.63, 3.8) is 0 Å². The molecular weight excluding hydrogens is 420 g/mol. The van der Waals surface area contributed by atoms with E-state index in [0.717, 1.165) is 17.3 Å². The average Bonchev–Trinajstić information content (AvgIpc) is 3.05. The fraction of sp³-hybridized carbons (Fsp3) is 0.263. The number of aryl methyl sites for hydroxylation is 2. The van der Waals surface area contributed by atoms with Crippen molar-refractivity contribution in [2.45, 2.75) is 20.5 Å². The minimum atomic E-state index is -0.542. The number of ether oxygens (including phenoxy) is 1. The second-order valence-corrected chi connectivity index (χ2v) is 7.61. The van der Waals surface area contributed by atoms with E-state index in [0.29, 0.717) is 33.1 Å². The van der Waals surface area contributed by atoms with Gasteiger partial charge in [-0.25, -0.2) is 4.79 Å². The summed E-state index contributed by atoms with van der Waals surface area (Å²) in [6.07, 6.45) is 0. The molecule has 0 aliphatic rings. The fourth-order valence-electron chi connectivity index (χ4n) is 2.50. The molecule has 0 bridgehead atoms. The third kappa shape index (κ3) is 5.61. The van der Waals surface area contributed by atoms with Crippen molar-refractivity contribution in [1.29, 1.82) is 0 Å². The van der Waals surface area contributed by atoms with Crippen LogP contribution in [0.5, 0.6) is 0 Å². The van der Waals surface area contributed by atoms with Gasteiger partial charge in [-0.05, 0) is 31.5 Å². The number of aromatic nitrogens is 1. The van der Waals surface area contributed by atoms with E-state index in [1.165, 1.54) is 6.07 Å². The van der Waals surface area contributed by atoms with Gasteiger partial charge in [0.2, 0.25) is 5.91 Å². The van der Waals surface area contributed by atoms with Crippen molar-refractivity contribution < 1.29 is 23.3 Å². The fourth-order valence-corrected chi connectivity index (χ4v) is 3.27. The lowest BCUT2D eigenvalue weighted by molar-refractivity contribution is -0.141. The third-order valence-electron chi connectivity index (χ3n) is 3.85. The molecule has 8 nitrogen and oxygen atoms in total. The summed E-state index contributed by atoms with van der Waals surface area (Å²) < 4.78 is 15.2. The summed E-state index contributed by atoms with van der Waals surface area (Å²) in [5.41, 5.74) is 1.10. The number of carbonyl (C=O) groups is 2. The maximum absolute atomic E-state index is 12.0. The van der Waals surface area contributed by atoms with Crippen LogP contribution in [-0.4, -0.2) is 28.5 Å². The molecule has 0 fully saturated rings. The topological polar surface area (TPSA) is 112 Å². The Labute approximate surface area is 174 Å². The molecule has 0 saturated carbocycles. The molecule has 0 aliphatic carbocycles. The Kier molecular flexibility index (Phi) is 6.60. The predicted octanol–water partition coefficient (Wildman–Crippen LogP) is 3.47. The number of anilines is 1. The molecule has 3 aromatic rings. The van der Waals surface area contributed by atoms with Crippen LogP contribution in [0.15, 0.2) is 38.0 Å². The lowest BCUT2D eigenvalue weighted by Gasteiger charge is -2.08. The van der Waals surface area contributed by atoms with Crippen LogP contribution in [0.1, 0.15) is 16.9 Å². The standard InChI is InChI=1S/C19H17ClN2O6S/c1-10-3-15-13(6-14(10)20)12(5-18(24)27-15)7-26-19(25)9-29-8-17(23)21-16-4-11(2)28-22-16/h3-6H,7-9H2,1-2H3,(H,21,22,23). The lowest BCUT2D eigenvalue weighted by atomic mass is 10.1. The van der Waals surface area contributed by atoms with Crippen LogP contribution in [0.25, 0.3) is 11.0 Å². The first kappa shape index (κ1) is 20.9. The highest BCUT2D eigenvalue weighted by atomic mass is 35.5. The number of amides is 1. The average molecular weight is 437 g/mol. The number of hydrogen-bond donors (Lipinski definition) is 1. The molecule has 10 heteroatoms. The van der Waals surface area contributed by atoms with E-state index in [2.05, 4.69) is 10.5 Å². The molecule has 2 heterocycles. The number of carbonyl (C=O) groups excluding carboxylic acids is 2. The monoisotopic (exact) mass is 436 g/mol. The maximum Gasteiger partial charge on any atom is 0.336 e. The van der Waals surface area contributed by atoms with E-state index in [1.807, 2.05) is 0 Å². The van der Waals surface area contributed by atoms with Gasteiger partial charge in [-0.3, -0.25) is 9.59 Å². The van der Waals surface area contributed by atoms with Gasteiger partial charge in [-0.2, -0.15) is 0 Å². The van der Waals surface area contributed by atoms with Gasteiger partial charge in [-0.1, -0.05) is 16.8 Å². The van der Waals surface area contributed by atoms with Crippen LogP contribution in [-0.2, 0) is 20.9 Å². The van der Waals surface area contributed by atoms with Gasteiger partial charge in [0.1, 0.15) is 18.0 Å². The minimum Gasteiger partial charge on any atom is -0.460 e. The zero-order chi connectivity index (χ0) is 21.0. The van der Waals surface area contributed by atoms with Gasteiger partial charge >= 0.3 is 11.6 Å². The molecule has 3 rings (SSSR count). The summed E-state index contributed by atoms with van der Waals surface area (Å²) in [5, 5.41) is 7.33. The van der Waals surface area contributed by atoms with Crippen molar-refractivity contribution in [2.24, 2.45) is 0 Å². The van der Waals surface area contributed by atoms with Gasteiger partial charge in [0, 0.05) is 28.1 Å². The van der Waals surface area contributed by atoms with E-state index in [4.69, 9.17) is 25.3 Å². The van der Waals surface area contributed by atoms with Gasteiger partial charge in [0.25, 0.3) is 0 Å². The zero-order valence-electron chi connectivity index (χ0n) is 15.6. The summed E-state index contributed by atoms with van der Waals surface area (Å²) in [7, 11) is 0. The number of hydrogen-bond acceptors (Lipinski definition) is 8. The van der Waals surface area contributed by atoms with Crippen LogP contribution in [0, 0.1) is 13.8 Å². The molecule has 1 N–H and O–H groups in total. The molecular formula is C19H17ClN2O6S. The van der Waals surface area contributed by atoms with Crippen LogP contribution < -0.4 is 10.9 Å². The number of esters is 1. The first-order chi connectivity index (χ1) is 13.8. The number of fused-ring (bicyclic) bond motifs is 1. The molecule has 0 aliphatic heterocycles. The summed E-state index contributed by atoms with van der Waals surface area (Å²) >= 11 is 7.24. The smallest absolute Gasteiger partial charge is 0.336 e. The first-order valence-corrected chi connectivity index (χ1v) is 10.0. The van der Waals surface area contributed by atoms with E-state index in [-0.39, 0.29) is 24.0 Å². The quantitative estimate of drug-likeness (QED) is 0.442. The summed E-state index contributed by atoms with van der Waals surface area (Å²) in [6, 6.07) is 6.19. The highest BCUT2D eigenvalue weighted by Crippen LogP contribution is 2.25. The van der Waals surface area contributed by atoms with Crippen molar-refractivity contribution in [1.82, 2.24) is 5.16 Å². The normalized spacial score (nSPS) is 10.9. The lowest BCUT2D eigenvalue weighted by Crippen LogP contribution is -2.16. The van der Waals surface area contributed by atoms with Gasteiger partial charge in [0.05, 0.1) is 11.5 Å². The van der Waals surface area contributed by atoms with Crippen molar-refractivity contribution >= 4 is 52.0 Å². The number of benzene rings is 1. The second-order valence-electron chi connectivity index (χ2n) is 6.21. The SMILES string of the molecule is Cc1cc(NC(=O)CSCC(=O)OCc2cc(=O)oc3cc(C)c(Cl)cc23)no1. The van der Waals surface area contributed by atoms with E-state index < -0.39 is 11.6 Å². The Balaban J connectivity index is 1.52. The highest BCUT2D eigenvalue weighted by Gasteiger charge is 2.12. The Hall–Kier alpha value is -2.78.